The Balaban J connectivity index is 1.33. The molecule has 2 fully saturated rings. The minimum atomic E-state index is -4.33. The molecule has 3 aliphatic rings. The molecule has 2 aliphatic heterocycles. The first kappa shape index (κ1) is 23.7. The van der Waals surface area contributed by atoms with Crippen molar-refractivity contribution in [2.45, 2.75) is 51.1 Å². The SMILES string of the molecule is CON=CC1(CCN2CC[C@@H]3Cc4[nH]c5ccc(C(F)(F)F)cc5c4[C@H](C)[C@H]3C2)CCOCC1. The number of aromatic amines is 1. The second kappa shape index (κ2) is 9.19. The number of halogens is 3. The fraction of sp³-hybridized carbons (Fsp3) is 0.654. The number of hydrogen-bond acceptors (Lipinski definition) is 4. The van der Waals surface area contributed by atoms with Crippen LogP contribution in [0.15, 0.2) is 23.4 Å². The van der Waals surface area contributed by atoms with E-state index in [0.29, 0.717) is 11.8 Å². The molecular weight excluding hydrogens is 443 g/mol. The number of ether oxygens (including phenoxy) is 1. The van der Waals surface area contributed by atoms with Gasteiger partial charge in [-0.05, 0) is 86.7 Å². The molecule has 1 aromatic heterocycles. The number of alkyl halides is 3. The average molecular weight is 478 g/mol. The summed E-state index contributed by atoms with van der Waals surface area (Å²) in [6, 6.07) is 4.11. The van der Waals surface area contributed by atoms with Gasteiger partial charge in [0.15, 0.2) is 0 Å². The van der Waals surface area contributed by atoms with E-state index < -0.39 is 11.7 Å². The summed E-state index contributed by atoms with van der Waals surface area (Å²) in [5, 5.41) is 4.84. The van der Waals surface area contributed by atoms with Crippen LogP contribution in [0.25, 0.3) is 10.9 Å². The molecule has 0 amide bonds. The van der Waals surface area contributed by atoms with Crippen molar-refractivity contribution in [2.24, 2.45) is 22.4 Å². The van der Waals surface area contributed by atoms with E-state index >= 15 is 0 Å². The van der Waals surface area contributed by atoms with E-state index in [1.807, 2.05) is 6.21 Å². The summed E-state index contributed by atoms with van der Waals surface area (Å²) in [4.78, 5) is 11.0. The normalized spacial score (nSPS) is 27.6. The number of oxime groups is 1. The Morgan fingerprint density at radius 1 is 1.29 bits per heavy atom. The second-order valence-corrected chi connectivity index (χ2v) is 10.4. The van der Waals surface area contributed by atoms with Gasteiger partial charge in [0.1, 0.15) is 7.11 Å². The van der Waals surface area contributed by atoms with Gasteiger partial charge in [-0.2, -0.15) is 13.2 Å². The third-order valence-electron chi connectivity index (χ3n) is 8.55. The molecule has 2 saturated heterocycles. The van der Waals surface area contributed by atoms with Crippen LogP contribution in [0.1, 0.15) is 55.3 Å². The van der Waals surface area contributed by atoms with E-state index in [9.17, 15) is 13.2 Å². The first-order valence-electron chi connectivity index (χ1n) is 12.4. The summed E-state index contributed by atoms with van der Waals surface area (Å²) in [6.45, 7) is 6.75. The van der Waals surface area contributed by atoms with Crippen LogP contribution in [0.3, 0.4) is 0 Å². The molecule has 3 heterocycles. The zero-order chi connectivity index (χ0) is 23.9. The number of nitrogens with one attached hydrogen (secondary N) is 1. The molecule has 34 heavy (non-hydrogen) atoms. The molecule has 0 radical (unpaired) electrons. The van der Waals surface area contributed by atoms with Gasteiger partial charge in [-0.15, -0.1) is 0 Å². The highest BCUT2D eigenvalue weighted by molar-refractivity contribution is 5.86. The lowest BCUT2D eigenvalue weighted by molar-refractivity contribution is -0.137. The highest BCUT2D eigenvalue weighted by atomic mass is 19.4. The molecule has 0 saturated carbocycles. The first-order chi connectivity index (χ1) is 16.3. The van der Waals surface area contributed by atoms with Crippen molar-refractivity contribution in [1.29, 1.82) is 0 Å². The molecule has 0 unspecified atom stereocenters. The quantitative estimate of drug-likeness (QED) is 0.450. The summed E-state index contributed by atoms with van der Waals surface area (Å²) >= 11 is 0. The molecule has 3 atom stereocenters. The van der Waals surface area contributed by atoms with Crippen molar-refractivity contribution in [3.63, 3.8) is 0 Å². The number of H-pyrrole nitrogens is 1. The van der Waals surface area contributed by atoms with Crippen LogP contribution in [0.2, 0.25) is 0 Å². The zero-order valence-corrected chi connectivity index (χ0v) is 20.0. The maximum atomic E-state index is 13.4. The second-order valence-electron chi connectivity index (χ2n) is 10.4. The number of fused-ring (bicyclic) bond motifs is 4. The van der Waals surface area contributed by atoms with Crippen LogP contribution < -0.4 is 0 Å². The molecule has 0 bridgehead atoms. The Morgan fingerprint density at radius 2 is 2.09 bits per heavy atom. The largest absolute Gasteiger partial charge is 0.416 e. The van der Waals surface area contributed by atoms with Crippen molar-refractivity contribution < 1.29 is 22.7 Å². The Bertz CT molecular complexity index is 1040. The topological polar surface area (TPSA) is 49.8 Å². The Morgan fingerprint density at radius 3 is 2.82 bits per heavy atom. The van der Waals surface area contributed by atoms with Crippen molar-refractivity contribution in [1.82, 2.24) is 9.88 Å². The van der Waals surface area contributed by atoms with Crippen LogP contribution in [0.5, 0.6) is 0 Å². The summed E-state index contributed by atoms with van der Waals surface area (Å²) in [5.74, 6) is 1.25. The Hall–Kier alpha value is -2.06. The number of likely N-dealkylation sites (tertiary alicyclic amines) is 1. The minimum absolute atomic E-state index is 0.0152. The van der Waals surface area contributed by atoms with Gasteiger partial charge in [0, 0.05) is 41.8 Å². The predicted octanol–water partition coefficient (Wildman–Crippen LogP) is 5.60. The number of benzene rings is 1. The van der Waals surface area contributed by atoms with E-state index in [1.165, 1.54) is 12.1 Å². The zero-order valence-electron chi connectivity index (χ0n) is 20.0. The number of piperidine rings is 1. The van der Waals surface area contributed by atoms with Gasteiger partial charge in [-0.3, -0.25) is 0 Å². The Kier molecular flexibility index (Phi) is 6.40. The fourth-order valence-electron chi connectivity index (χ4n) is 6.49. The number of rotatable bonds is 5. The van der Waals surface area contributed by atoms with E-state index in [0.717, 1.165) is 87.1 Å². The van der Waals surface area contributed by atoms with Crippen LogP contribution in [-0.2, 0) is 22.2 Å². The lowest BCUT2D eigenvalue weighted by Crippen LogP contribution is -2.46. The third-order valence-corrected chi connectivity index (χ3v) is 8.55. The number of nitrogens with zero attached hydrogens (tertiary/aromatic N) is 2. The summed E-state index contributed by atoms with van der Waals surface area (Å²) < 4.78 is 45.7. The van der Waals surface area contributed by atoms with Crippen LogP contribution >= 0.6 is 0 Å². The van der Waals surface area contributed by atoms with E-state index in [1.54, 1.807) is 13.2 Å². The van der Waals surface area contributed by atoms with Gasteiger partial charge >= 0.3 is 6.18 Å². The van der Waals surface area contributed by atoms with Crippen molar-refractivity contribution in [3.05, 3.63) is 35.0 Å². The lowest BCUT2D eigenvalue weighted by Gasteiger charge is -2.45. The maximum Gasteiger partial charge on any atom is 0.416 e. The van der Waals surface area contributed by atoms with Crippen molar-refractivity contribution in [2.75, 3.05) is 40.0 Å². The lowest BCUT2D eigenvalue weighted by atomic mass is 9.68. The van der Waals surface area contributed by atoms with Crippen LogP contribution in [0.4, 0.5) is 13.2 Å². The molecule has 1 aliphatic carbocycles. The smallest absolute Gasteiger partial charge is 0.399 e. The monoisotopic (exact) mass is 477 g/mol. The molecule has 5 rings (SSSR count). The van der Waals surface area contributed by atoms with Crippen molar-refractivity contribution in [3.8, 4) is 0 Å². The molecule has 5 nitrogen and oxygen atoms in total. The highest BCUT2D eigenvalue weighted by Crippen LogP contribution is 2.47. The molecule has 1 N–H and O–H groups in total. The molecule has 8 heteroatoms. The molecule has 1 aromatic carbocycles. The standard InChI is InChI=1S/C26H34F3N3O2/c1-17-21-15-32(10-6-25(16-30-33-2)7-11-34-12-8-25)9-5-18(21)13-23-24(17)20-14-19(26(27,28)29)3-4-22(20)31-23/h3-4,14,16-18,21,31H,5-13,15H2,1-2H3/t17-,18-,21-/m1/s1. The minimum Gasteiger partial charge on any atom is -0.399 e. The summed E-state index contributed by atoms with van der Waals surface area (Å²) in [7, 11) is 1.58. The van der Waals surface area contributed by atoms with Gasteiger partial charge in [-0.1, -0.05) is 12.1 Å². The molecule has 0 spiro atoms. The first-order valence-corrected chi connectivity index (χ1v) is 12.4. The van der Waals surface area contributed by atoms with Crippen molar-refractivity contribution >= 4 is 17.1 Å². The molecule has 186 valence electrons. The van der Waals surface area contributed by atoms with Gasteiger partial charge < -0.3 is 19.5 Å². The van der Waals surface area contributed by atoms with Gasteiger partial charge in [0.2, 0.25) is 0 Å². The van der Waals surface area contributed by atoms with E-state index in [-0.39, 0.29) is 11.3 Å². The number of hydrogen-bond donors (Lipinski definition) is 1. The third kappa shape index (κ3) is 4.47. The fourth-order valence-corrected chi connectivity index (χ4v) is 6.49. The van der Waals surface area contributed by atoms with E-state index in [2.05, 4.69) is 22.0 Å². The highest BCUT2D eigenvalue weighted by Gasteiger charge is 2.41. The van der Waals surface area contributed by atoms with Gasteiger partial charge in [0.05, 0.1) is 11.8 Å². The van der Waals surface area contributed by atoms with Gasteiger partial charge in [-0.25, -0.2) is 0 Å². The van der Waals surface area contributed by atoms with Crippen LogP contribution in [0, 0.1) is 17.3 Å². The van der Waals surface area contributed by atoms with Crippen LogP contribution in [-0.4, -0.2) is 56.1 Å². The number of aromatic nitrogens is 1. The van der Waals surface area contributed by atoms with Gasteiger partial charge in [0.25, 0.3) is 0 Å². The maximum absolute atomic E-state index is 13.4. The predicted molar refractivity (Wildman–Crippen MR) is 126 cm³/mol. The average Bonchev–Trinajstić information content (AvgIpc) is 3.20. The molecule has 2 aromatic rings. The summed E-state index contributed by atoms with van der Waals surface area (Å²) in [5.41, 5.74) is 2.49. The summed E-state index contributed by atoms with van der Waals surface area (Å²) in [6.07, 6.45) is 2.62. The Labute approximate surface area is 198 Å². The molecular formula is C26H34F3N3O2. The van der Waals surface area contributed by atoms with E-state index in [4.69, 9.17) is 9.57 Å².